The van der Waals surface area contributed by atoms with Crippen LogP contribution in [0.3, 0.4) is 0 Å². The van der Waals surface area contributed by atoms with Crippen LogP contribution in [0.2, 0.25) is 0 Å². The number of hydrogen-bond acceptors (Lipinski definition) is 5. The van der Waals surface area contributed by atoms with E-state index in [0.717, 1.165) is 37.6 Å². The number of amides is 2. The first-order chi connectivity index (χ1) is 15.0. The fourth-order valence-corrected chi connectivity index (χ4v) is 4.14. The highest BCUT2D eigenvalue weighted by Gasteiger charge is 2.24. The van der Waals surface area contributed by atoms with Crippen molar-refractivity contribution in [3.05, 3.63) is 39.4 Å². The molecule has 1 fully saturated rings. The Morgan fingerprint density at radius 1 is 1.19 bits per heavy atom. The quantitative estimate of drug-likeness (QED) is 0.479. The van der Waals surface area contributed by atoms with Crippen LogP contribution in [0.4, 0.5) is 4.79 Å². The second kappa shape index (κ2) is 11.1. The number of nitrogens with zero attached hydrogens (tertiary/aromatic N) is 2. The molecule has 0 bridgehead atoms. The SMILES string of the molecule is CCOC(=O)N1CCC(NC(=O)CCCCCn2c(=S)[nH]c3ccccc3c2=O)CC1. The van der Waals surface area contributed by atoms with Gasteiger partial charge in [0, 0.05) is 32.1 Å². The van der Waals surface area contributed by atoms with E-state index >= 15 is 0 Å². The Balaban J connectivity index is 1.37. The standard InChI is InChI=1S/C22H30N4O4S/c1-2-30-22(29)25-14-11-16(12-15-25)23-19(27)10-4-3-7-13-26-20(28)17-8-5-6-9-18(17)24-21(26)31/h5-6,8-9,16H,2-4,7,10-15H2,1H3,(H,23,27)(H,24,31). The van der Waals surface area contributed by atoms with Crippen molar-refractivity contribution in [2.24, 2.45) is 0 Å². The molecule has 168 valence electrons. The number of ether oxygens (including phenoxy) is 1. The Hall–Kier alpha value is -2.68. The van der Waals surface area contributed by atoms with Crippen molar-refractivity contribution in [3.63, 3.8) is 0 Å². The second-order valence-corrected chi connectivity index (χ2v) is 8.16. The minimum absolute atomic E-state index is 0.0368. The summed E-state index contributed by atoms with van der Waals surface area (Å²) in [6.45, 7) is 3.90. The van der Waals surface area contributed by atoms with Gasteiger partial charge in [-0.1, -0.05) is 18.6 Å². The van der Waals surface area contributed by atoms with Crippen LogP contribution >= 0.6 is 12.2 Å². The molecular formula is C22H30N4O4S. The molecule has 0 saturated carbocycles. The number of unbranched alkanes of at least 4 members (excludes halogenated alkanes) is 2. The molecule has 1 aromatic carbocycles. The van der Waals surface area contributed by atoms with E-state index in [0.29, 0.717) is 42.8 Å². The molecule has 31 heavy (non-hydrogen) atoms. The average molecular weight is 447 g/mol. The van der Waals surface area contributed by atoms with Gasteiger partial charge in [-0.05, 0) is 57.0 Å². The number of aromatic nitrogens is 2. The maximum Gasteiger partial charge on any atom is 0.409 e. The van der Waals surface area contributed by atoms with E-state index in [4.69, 9.17) is 17.0 Å². The second-order valence-electron chi connectivity index (χ2n) is 7.77. The number of piperidine rings is 1. The predicted molar refractivity (Wildman–Crippen MR) is 122 cm³/mol. The maximum atomic E-state index is 12.6. The van der Waals surface area contributed by atoms with Gasteiger partial charge in [-0.15, -0.1) is 0 Å². The summed E-state index contributed by atoms with van der Waals surface area (Å²) in [6.07, 6.45) is 4.03. The molecule has 2 amide bonds. The van der Waals surface area contributed by atoms with E-state index < -0.39 is 0 Å². The molecule has 2 N–H and O–H groups in total. The minimum atomic E-state index is -0.280. The average Bonchev–Trinajstić information content (AvgIpc) is 2.76. The Morgan fingerprint density at radius 2 is 1.94 bits per heavy atom. The first kappa shape index (κ1) is 23.0. The van der Waals surface area contributed by atoms with Crippen LogP contribution in [0.5, 0.6) is 0 Å². The molecule has 0 spiro atoms. The number of fused-ring (bicyclic) bond motifs is 1. The van der Waals surface area contributed by atoms with Crippen molar-refractivity contribution >= 4 is 35.1 Å². The zero-order valence-corrected chi connectivity index (χ0v) is 18.7. The monoisotopic (exact) mass is 446 g/mol. The normalized spacial score (nSPS) is 14.5. The van der Waals surface area contributed by atoms with Gasteiger partial charge in [0.25, 0.3) is 5.56 Å². The number of carbonyl (C=O) groups excluding carboxylic acids is 2. The molecular weight excluding hydrogens is 416 g/mol. The van der Waals surface area contributed by atoms with Crippen LogP contribution in [0, 0.1) is 4.77 Å². The zero-order valence-electron chi connectivity index (χ0n) is 17.9. The van der Waals surface area contributed by atoms with Crippen molar-refractivity contribution in [1.82, 2.24) is 19.8 Å². The molecule has 0 radical (unpaired) electrons. The highest BCUT2D eigenvalue weighted by Crippen LogP contribution is 2.12. The van der Waals surface area contributed by atoms with Crippen LogP contribution in [0.15, 0.2) is 29.1 Å². The fourth-order valence-electron chi connectivity index (χ4n) is 3.86. The van der Waals surface area contributed by atoms with Crippen molar-refractivity contribution in [2.45, 2.75) is 58.0 Å². The van der Waals surface area contributed by atoms with E-state index in [1.807, 2.05) is 18.2 Å². The number of nitrogens with one attached hydrogen (secondary N) is 2. The van der Waals surface area contributed by atoms with E-state index in [2.05, 4.69) is 10.3 Å². The lowest BCUT2D eigenvalue weighted by atomic mass is 10.0. The number of carbonyl (C=O) groups is 2. The third-order valence-corrected chi connectivity index (χ3v) is 5.88. The number of para-hydroxylation sites is 1. The highest BCUT2D eigenvalue weighted by atomic mass is 32.1. The summed E-state index contributed by atoms with van der Waals surface area (Å²) >= 11 is 5.33. The van der Waals surface area contributed by atoms with Crippen molar-refractivity contribution in [1.29, 1.82) is 0 Å². The lowest BCUT2D eigenvalue weighted by Crippen LogP contribution is -2.46. The summed E-state index contributed by atoms with van der Waals surface area (Å²) in [7, 11) is 0. The number of benzene rings is 1. The largest absolute Gasteiger partial charge is 0.450 e. The van der Waals surface area contributed by atoms with Crippen molar-refractivity contribution < 1.29 is 14.3 Å². The number of H-pyrrole nitrogens is 1. The molecule has 0 unspecified atom stereocenters. The van der Waals surface area contributed by atoms with Gasteiger partial charge in [0.05, 0.1) is 17.5 Å². The lowest BCUT2D eigenvalue weighted by Gasteiger charge is -2.31. The van der Waals surface area contributed by atoms with Crippen LogP contribution in [-0.2, 0) is 16.1 Å². The number of rotatable bonds is 8. The molecule has 0 aliphatic carbocycles. The van der Waals surface area contributed by atoms with Gasteiger partial charge >= 0.3 is 6.09 Å². The third-order valence-electron chi connectivity index (χ3n) is 5.56. The number of likely N-dealkylation sites (tertiary alicyclic amines) is 1. The first-order valence-electron chi connectivity index (χ1n) is 10.9. The molecule has 3 rings (SSSR count). The summed E-state index contributed by atoms with van der Waals surface area (Å²) in [5.74, 6) is 0.0368. The topological polar surface area (TPSA) is 96.4 Å². The Labute approximate surface area is 186 Å². The summed E-state index contributed by atoms with van der Waals surface area (Å²) in [5.41, 5.74) is 0.671. The summed E-state index contributed by atoms with van der Waals surface area (Å²) in [4.78, 5) is 41.4. The predicted octanol–water partition coefficient (Wildman–Crippen LogP) is 3.36. The number of hydrogen-bond donors (Lipinski definition) is 2. The molecule has 1 aromatic heterocycles. The fraction of sp³-hybridized carbons (Fsp3) is 0.545. The summed E-state index contributed by atoms with van der Waals surface area (Å²) < 4.78 is 7.03. The van der Waals surface area contributed by atoms with Crippen LogP contribution < -0.4 is 10.9 Å². The van der Waals surface area contributed by atoms with E-state index in [1.54, 1.807) is 22.5 Å². The molecule has 8 nitrogen and oxygen atoms in total. The van der Waals surface area contributed by atoms with Gasteiger partial charge in [0.1, 0.15) is 0 Å². The molecule has 0 atom stereocenters. The summed E-state index contributed by atoms with van der Waals surface area (Å²) in [6, 6.07) is 7.45. The van der Waals surface area contributed by atoms with Gasteiger partial charge in [-0.25, -0.2) is 4.79 Å². The van der Waals surface area contributed by atoms with Gasteiger partial charge < -0.3 is 19.9 Å². The Bertz CT molecular complexity index is 1020. The summed E-state index contributed by atoms with van der Waals surface area (Å²) in [5, 5.41) is 3.69. The van der Waals surface area contributed by atoms with E-state index in [-0.39, 0.29) is 23.6 Å². The van der Waals surface area contributed by atoms with Gasteiger partial charge in [0.2, 0.25) is 5.91 Å². The van der Waals surface area contributed by atoms with Crippen LogP contribution in [-0.4, -0.2) is 52.2 Å². The third kappa shape index (κ3) is 6.16. The first-order valence-corrected chi connectivity index (χ1v) is 11.3. The van der Waals surface area contributed by atoms with Crippen molar-refractivity contribution in [3.8, 4) is 0 Å². The van der Waals surface area contributed by atoms with Gasteiger partial charge in [0.15, 0.2) is 4.77 Å². The van der Waals surface area contributed by atoms with Crippen LogP contribution in [0.25, 0.3) is 10.9 Å². The zero-order chi connectivity index (χ0) is 22.2. The molecule has 1 saturated heterocycles. The Kier molecular flexibility index (Phi) is 8.22. The van der Waals surface area contributed by atoms with E-state index in [1.165, 1.54) is 0 Å². The van der Waals surface area contributed by atoms with E-state index in [9.17, 15) is 14.4 Å². The highest BCUT2D eigenvalue weighted by molar-refractivity contribution is 7.71. The lowest BCUT2D eigenvalue weighted by molar-refractivity contribution is -0.122. The molecule has 1 aliphatic rings. The number of aromatic amines is 1. The Morgan fingerprint density at radius 3 is 2.68 bits per heavy atom. The smallest absolute Gasteiger partial charge is 0.409 e. The maximum absolute atomic E-state index is 12.6. The minimum Gasteiger partial charge on any atom is -0.450 e. The molecule has 2 heterocycles. The molecule has 1 aliphatic heterocycles. The van der Waals surface area contributed by atoms with Crippen LogP contribution in [0.1, 0.15) is 45.4 Å². The van der Waals surface area contributed by atoms with Gasteiger partial charge in [-0.3, -0.25) is 14.2 Å². The molecule has 2 aromatic rings. The van der Waals surface area contributed by atoms with Crippen molar-refractivity contribution in [2.75, 3.05) is 19.7 Å². The van der Waals surface area contributed by atoms with Gasteiger partial charge in [-0.2, -0.15) is 0 Å². The molecule has 9 heteroatoms.